The zero-order valence-electron chi connectivity index (χ0n) is 19.0. The molecule has 36 heavy (non-hydrogen) atoms. The molecule has 8 nitrogen and oxygen atoms in total. The van der Waals surface area contributed by atoms with Gasteiger partial charge >= 0.3 is 5.97 Å². The molecule has 0 bridgehead atoms. The predicted molar refractivity (Wildman–Crippen MR) is 130 cm³/mol. The van der Waals surface area contributed by atoms with Crippen LogP contribution in [0.4, 0.5) is 5.69 Å². The standard InChI is InChI=1S/C28H20N2O6/c31-23(16-35-25(32)14-13-24-29-15-22(36-24)17-7-2-1-3-8-17)30-21-12-6-11-20-26(21)28(34)19-10-5-4-9-18(19)27(20)33/h1-12,15H,13-14,16H2,(H,30,31). The molecule has 0 saturated heterocycles. The molecule has 1 aromatic heterocycles. The smallest absolute Gasteiger partial charge is 0.306 e. The van der Waals surface area contributed by atoms with Crippen LogP contribution in [-0.4, -0.2) is 35.0 Å². The topological polar surface area (TPSA) is 116 Å². The van der Waals surface area contributed by atoms with Gasteiger partial charge in [-0.05, 0) is 6.07 Å². The normalized spacial score (nSPS) is 12.0. The van der Waals surface area contributed by atoms with Gasteiger partial charge in [-0.2, -0.15) is 0 Å². The van der Waals surface area contributed by atoms with Crippen LogP contribution in [-0.2, 0) is 20.7 Å². The van der Waals surface area contributed by atoms with Gasteiger partial charge in [-0.15, -0.1) is 0 Å². The van der Waals surface area contributed by atoms with Crippen LogP contribution in [0, 0.1) is 0 Å². The van der Waals surface area contributed by atoms with Gasteiger partial charge in [-0.3, -0.25) is 19.2 Å². The number of nitrogens with one attached hydrogen (secondary N) is 1. The fraction of sp³-hybridized carbons (Fsp3) is 0.107. The number of ether oxygens (including phenoxy) is 1. The molecule has 0 saturated carbocycles. The molecule has 1 aliphatic carbocycles. The van der Waals surface area contributed by atoms with Crippen LogP contribution in [0.5, 0.6) is 0 Å². The maximum atomic E-state index is 13.0. The molecule has 0 unspecified atom stereocenters. The third-order valence-electron chi connectivity index (χ3n) is 5.75. The third kappa shape index (κ3) is 4.56. The summed E-state index contributed by atoms with van der Waals surface area (Å²) >= 11 is 0. The van der Waals surface area contributed by atoms with E-state index < -0.39 is 18.5 Å². The SMILES string of the molecule is O=C(COC(=O)CCc1ncc(-c2ccccc2)o1)Nc1cccc2c1C(=O)c1ccccc1C2=O. The molecule has 0 fully saturated rings. The summed E-state index contributed by atoms with van der Waals surface area (Å²) in [6, 6.07) is 20.7. The van der Waals surface area contributed by atoms with Gasteiger partial charge in [0.05, 0.1) is 23.9 Å². The van der Waals surface area contributed by atoms with Crippen molar-refractivity contribution in [2.75, 3.05) is 11.9 Å². The van der Waals surface area contributed by atoms with Crippen molar-refractivity contribution in [2.24, 2.45) is 0 Å². The minimum Gasteiger partial charge on any atom is -0.456 e. The Kier molecular flexibility index (Phi) is 6.23. The first-order chi connectivity index (χ1) is 17.5. The number of hydrogen-bond acceptors (Lipinski definition) is 7. The molecule has 0 aliphatic heterocycles. The second kappa shape index (κ2) is 9.79. The molecule has 1 heterocycles. The molecule has 5 rings (SSSR count). The highest BCUT2D eigenvalue weighted by Gasteiger charge is 2.31. The van der Waals surface area contributed by atoms with Crippen LogP contribution in [0.3, 0.4) is 0 Å². The number of carbonyl (C=O) groups excluding carboxylic acids is 4. The first kappa shape index (κ1) is 22.9. The number of fused-ring (bicyclic) bond motifs is 2. The lowest BCUT2D eigenvalue weighted by atomic mass is 9.83. The predicted octanol–water partition coefficient (Wildman–Crippen LogP) is 4.23. The molecular weight excluding hydrogens is 460 g/mol. The number of amides is 1. The van der Waals surface area contributed by atoms with E-state index in [1.165, 1.54) is 6.07 Å². The van der Waals surface area contributed by atoms with Gasteiger partial charge in [0.15, 0.2) is 29.8 Å². The molecule has 3 aromatic carbocycles. The van der Waals surface area contributed by atoms with Crippen LogP contribution in [0.1, 0.15) is 44.2 Å². The Bertz CT molecular complexity index is 1490. The molecule has 1 aliphatic rings. The Morgan fingerprint density at radius 1 is 0.833 bits per heavy atom. The maximum Gasteiger partial charge on any atom is 0.306 e. The summed E-state index contributed by atoms with van der Waals surface area (Å²) in [5.74, 6) is -0.883. The Labute approximate surface area is 205 Å². The number of benzene rings is 3. The van der Waals surface area contributed by atoms with Crippen LogP contribution < -0.4 is 5.32 Å². The van der Waals surface area contributed by atoms with Crippen molar-refractivity contribution in [1.82, 2.24) is 4.98 Å². The number of ketones is 2. The summed E-state index contributed by atoms with van der Waals surface area (Å²) in [5.41, 5.74) is 2.02. The fourth-order valence-electron chi connectivity index (χ4n) is 4.02. The van der Waals surface area contributed by atoms with E-state index in [1.807, 2.05) is 30.3 Å². The van der Waals surface area contributed by atoms with E-state index in [0.29, 0.717) is 17.2 Å². The first-order valence-electron chi connectivity index (χ1n) is 11.3. The van der Waals surface area contributed by atoms with E-state index in [2.05, 4.69) is 10.3 Å². The summed E-state index contributed by atoms with van der Waals surface area (Å²) in [6.07, 6.45) is 1.79. The van der Waals surface area contributed by atoms with E-state index in [4.69, 9.17) is 9.15 Å². The van der Waals surface area contributed by atoms with Crippen molar-refractivity contribution in [2.45, 2.75) is 12.8 Å². The van der Waals surface area contributed by atoms with Crippen LogP contribution >= 0.6 is 0 Å². The lowest BCUT2D eigenvalue weighted by Gasteiger charge is -2.20. The first-order valence-corrected chi connectivity index (χ1v) is 11.3. The number of oxazole rings is 1. The molecule has 0 spiro atoms. The van der Waals surface area contributed by atoms with E-state index in [9.17, 15) is 19.2 Å². The van der Waals surface area contributed by atoms with Crippen molar-refractivity contribution in [3.63, 3.8) is 0 Å². The van der Waals surface area contributed by atoms with Gasteiger partial charge in [0.25, 0.3) is 5.91 Å². The average Bonchev–Trinajstić information content (AvgIpc) is 3.39. The number of anilines is 1. The van der Waals surface area contributed by atoms with Gasteiger partial charge < -0.3 is 14.5 Å². The molecule has 0 radical (unpaired) electrons. The summed E-state index contributed by atoms with van der Waals surface area (Å²) in [5, 5.41) is 2.58. The van der Waals surface area contributed by atoms with E-state index in [1.54, 1.807) is 42.6 Å². The van der Waals surface area contributed by atoms with E-state index in [-0.39, 0.29) is 46.8 Å². The molecule has 0 atom stereocenters. The third-order valence-corrected chi connectivity index (χ3v) is 5.75. The quantitative estimate of drug-likeness (QED) is 0.347. The van der Waals surface area contributed by atoms with Gasteiger partial charge in [0.2, 0.25) is 0 Å². The Hall–Kier alpha value is -4.85. The molecular formula is C28H20N2O6. The monoisotopic (exact) mass is 480 g/mol. The Morgan fingerprint density at radius 2 is 1.53 bits per heavy atom. The zero-order valence-corrected chi connectivity index (χ0v) is 19.0. The minimum atomic E-state index is -0.627. The molecule has 4 aromatic rings. The lowest BCUT2D eigenvalue weighted by molar-refractivity contribution is -0.147. The second-order valence-corrected chi connectivity index (χ2v) is 8.13. The number of carbonyl (C=O) groups is 4. The van der Waals surface area contributed by atoms with Gasteiger partial charge in [0.1, 0.15) is 0 Å². The van der Waals surface area contributed by atoms with Crippen molar-refractivity contribution in [3.8, 4) is 11.3 Å². The van der Waals surface area contributed by atoms with E-state index >= 15 is 0 Å². The number of nitrogens with zero attached hydrogens (tertiary/aromatic N) is 1. The maximum absolute atomic E-state index is 13.0. The Morgan fingerprint density at radius 3 is 2.31 bits per heavy atom. The fourth-order valence-corrected chi connectivity index (χ4v) is 4.02. The second-order valence-electron chi connectivity index (χ2n) is 8.13. The van der Waals surface area contributed by atoms with E-state index in [0.717, 1.165) is 5.56 Å². The zero-order chi connectivity index (χ0) is 25.1. The molecule has 1 N–H and O–H groups in total. The number of aryl methyl sites for hydroxylation is 1. The average molecular weight is 480 g/mol. The van der Waals surface area contributed by atoms with Crippen molar-refractivity contribution < 1.29 is 28.3 Å². The lowest BCUT2D eigenvalue weighted by Crippen LogP contribution is -2.26. The highest BCUT2D eigenvalue weighted by Crippen LogP contribution is 2.31. The highest BCUT2D eigenvalue weighted by molar-refractivity contribution is 6.30. The molecule has 8 heteroatoms. The van der Waals surface area contributed by atoms with Crippen molar-refractivity contribution in [1.29, 1.82) is 0 Å². The minimum absolute atomic E-state index is 0.0213. The van der Waals surface area contributed by atoms with Crippen molar-refractivity contribution >= 4 is 29.1 Å². The highest BCUT2D eigenvalue weighted by atomic mass is 16.5. The van der Waals surface area contributed by atoms with Crippen LogP contribution in [0.15, 0.2) is 83.4 Å². The molecule has 1 amide bonds. The Balaban J connectivity index is 1.17. The number of aromatic nitrogens is 1. The number of esters is 1. The summed E-state index contributed by atoms with van der Waals surface area (Å²) in [7, 11) is 0. The summed E-state index contributed by atoms with van der Waals surface area (Å²) in [4.78, 5) is 54.6. The van der Waals surface area contributed by atoms with Gasteiger partial charge in [-0.25, -0.2) is 4.98 Å². The number of rotatable bonds is 7. The van der Waals surface area contributed by atoms with Crippen LogP contribution in [0.25, 0.3) is 11.3 Å². The largest absolute Gasteiger partial charge is 0.456 e. The van der Waals surface area contributed by atoms with Gasteiger partial charge in [-0.1, -0.05) is 66.7 Å². The number of hydrogen-bond donors (Lipinski definition) is 1. The summed E-state index contributed by atoms with van der Waals surface area (Å²) in [6.45, 7) is -0.540. The van der Waals surface area contributed by atoms with Gasteiger partial charge in [0, 0.05) is 28.7 Å². The molecule has 178 valence electrons. The van der Waals surface area contributed by atoms with Crippen LogP contribution in [0.2, 0.25) is 0 Å². The van der Waals surface area contributed by atoms with Crippen molar-refractivity contribution in [3.05, 3.63) is 107 Å². The summed E-state index contributed by atoms with van der Waals surface area (Å²) < 4.78 is 10.7.